The number of esters is 1. The number of carbonyl (C=O) groups is 3. The van der Waals surface area contributed by atoms with Crippen molar-refractivity contribution < 1.29 is 28.6 Å². The lowest BCUT2D eigenvalue weighted by Gasteiger charge is -2.41. The van der Waals surface area contributed by atoms with Crippen molar-refractivity contribution in [3.8, 4) is 0 Å². The Kier molecular flexibility index (Phi) is 12.5. The number of rotatable bonds is 12. The van der Waals surface area contributed by atoms with E-state index in [-0.39, 0.29) is 31.2 Å². The zero-order valence-corrected chi connectivity index (χ0v) is 25.9. The van der Waals surface area contributed by atoms with Crippen LogP contribution in [0.3, 0.4) is 0 Å². The number of nitrogens with one attached hydrogen (secondary N) is 2. The van der Waals surface area contributed by atoms with Crippen molar-refractivity contribution in [1.29, 1.82) is 0 Å². The molecule has 1 aliphatic rings. The first kappa shape index (κ1) is 33.2. The molecule has 0 atom stereocenters. The number of nitrogens with zero attached hydrogens (tertiary/aromatic N) is 1. The minimum Gasteiger partial charge on any atom is -0.465 e. The minimum atomic E-state index is -0.579. The zero-order chi connectivity index (χ0) is 30.6. The summed E-state index contributed by atoms with van der Waals surface area (Å²) in [4.78, 5) is 38.8. The first-order valence-electron chi connectivity index (χ1n) is 14.6. The van der Waals surface area contributed by atoms with Crippen molar-refractivity contribution in [2.45, 2.75) is 77.0 Å². The van der Waals surface area contributed by atoms with Crippen LogP contribution < -0.4 is 10.6 Å². The predicted octanol–water partition coefficient (Wildman–Crippen LogP) is 5.84. The molecule has 2 amide bonds. The molecule has 9 nitrogen and oxygen atoms in total. The third-order valence-electron chi connectivity index (χ3n) is 7.25. The Labute approximate surface area is 254 Å². The lowest BCUT2D eigenvalue weighted by molar-refractivity contribution is -0.144. The molecular formula is C32H44ClN3O6. The number of carbonyl (C=O) groups excluding carboxylic acids is 3. The van der Waals surface area contributed by atoms with Gasteiger partial charge in [0, 0.05) is 36.1 Å². The van der Waals surface area contributed by atoms with Crippen LogP contribution in [0.1, 0.15) is 64.5 Å². The highest BCUT2D eigenvalue weighted by atomic mass is 35.5. The first-order valence-corrected chi connectivity index (χ1v) is 14.9. The van der Waals surface area contributed by atoms with Crippen LogP contribution in [0.25, 0.3) is 0 Å². The predicted molar refractivity (Wildman–Crippen MR) is 162 cm³/mol. The molecule has 0 aliphatic heterocycles. The molecule has 1 fully saturated rings. The minimum absolute atomic E-state index is 0.123. The van der Waals surface area contributed by atoms with Crippen molar-refractivity contribution in [2.24, 2.45) is 0 Å². The molecule has 0 spiro atoms. The largest absolute Gasteiger partial charge is 0.465 e. The highest BCUT2D eigenvalue weighted by Gasteiger charge is 2.38. The van der Waals surface area contributed by atoms with Crippen LogP contribution in [-0.2, 0) is 31.0 Å². The average Bonchev–Trinajstić information content (AvgIpc) is 2.95. The van der Waals surface area contributed by atoms with Crippen LogP contribution in [-0.4, -0.2) is 67.5 Å². The summed E-state index contributed by atoms with van der Waals surface area (Å²) >= 11 is 6.34. The van der Waals surface area contributed by atoms with Crippen LogP contribution in [0.2, 0.25) is 5.02 Å². The van der Waals surface area contributed by atoms with Crippen LogP contribution in [0.15, 0.2) is 54.6 Å². The highest BCUT2D eigenvalue weighted by molar-refractivity contribution is 6.30. The van der Waals surface area contributed by atoms with E-state index in [2.05, 4.69) is 16.7 Å². The topological polar surface area (TPSA) is 106 Å². The van der Waals surface area contributed by atoms with Gasteiger partial charge in [0.2, 0.25) is 0 Å². The Morgan fingerprint density at radius 3 is 2.38 bits per heavy atom. The van der Waals surface area contributed by atoms with Crippen molar-refractivity contribution >= 4 is 29.8 Å². The molecule has 230 valence electrons. The van der Waals surface area contributed by atoms with Gasteiger partial charge in [0.15, 0.2) is 0 Å². The van der Waals surface area contributed by atoms with Crippen molar-refractivity contribution in [1.82, 2.24) is 15.5 Å². The monoisotopic (exact) mass is 601 g/mol. The molecule has 1 aliphatic carbocycles. The summed E-state index contributed by atoms with van der Waals surface area (Å²) in [6.07, 6.45) is 2.37. The highest BCUT2D eigenvalue weighted by Crippen LogP contribution is 2.40. The third kappa shape index (κ3) is 10.8. The van der Waals surface area contributed by atoms with E-state index in [1.165, 1.54) is 4.90 Å². The molecule has 2 N–H and O–H groups in total. The number of benzene rings is 2. The Bertz CT molecular complexity index is 1160. The Morgan fingerprint density at radius 1 is 1.02 bits per heavy atom. The molecule has 0 radical (unpaired) electrons. The van der Waals surface area contributed by atoms with Crippen LogP contribution >= 0.6 is 11.6 Å². The van der Waals surface area contributed by atoms with E-state index in [0.717, 1.165) is 36.8 Å². The number of halogens is 1. The summed E-state index contributed by atoms with van der Waals surface area (Å²) in [5.41, 5.74) is 1.10. The van der Waals surface area contributed by atoms with Crippen molar-refractivity contribution in [3.63, 3.8) is 0 Å². The van der Waals surface area contributed by atoms with Gasteiger partial charge >= 0.3 is 18.2 Å². The second-order valence-electron chi connectivity index (χ2n) is 11.6. The lowest BCUT2D eigenvalue weighted by atomic mass is 9.68. The first-order chi connectivity index (χ1) is 20.0. The summed E-state index contributed by atoms with van der Waals surface area (Å²) < 4.78 is 16.0. The van der Waals surface area contributed by atoms with Gasteiger partial charge < -0.3 is 24.8 Å². The fraction of sp³-hybridized carbons (Fsp3) is 0.531. The third-order valence-corrected chi connectivity index (χ3v) is 7.49. The number of hydrogen-bond acceptors (Lipinski definition) is 7. The quantitative estimate of drug-likeness (QED) is 0.233. The Morgan fingerprint density at radius 2 is 1.74 bits per heavy atom. The van der Waals surface area contributed by atoms with Gasteiger partial charge in [-0.25, -0.2) is 9.59 Å². The van der Waals surface area contributed by atoms with Gasteiger partial charge in [0.05, 0.1) is 6.61 Å². The molecule has 10 heteroatoms. The van der Waals surface area contributed by atoms with Crippen molar-refractivity contribution in [3.05, 3.63) is 70.7 Å². The summed E-state index contributed by atoms with van der Waals surface area (Å²) in [5, 5.41) is 7.18. The number of alkyl carbamates (subject to hydrolysis) is 1. The van der Waals surface area contributed by atoms with Gasteiger partial charge in [-0.05, 0) is 76.6 Å². The molecule has 0 bridgehead atoms. The van der Waals surface area contributed by atoms with Gasteiger partial charge in [-0.1, -0.05) is 54.1 Å². The van der Waals surface area contributed by atoms with Gasteiger partial charge in [-0.3, -0.25) is 9.69 Å². The summed E-state index contributed by atoms with van der Waals surface area (Å²) in [7, 11) is 0. The summed E-state index contributed by atoms with van der Waals surface area (Å²) in [6, 6.07) is 17.4. The van der Waals surface area contributed by atoms with E-state index in [4.69, 9.17) is 25.8 Å². The molecule has 2 aromatic carbocycles. The maximum absolute atomic E-state index is 12.8. The smallest absolute Gasteiger partial charge is 0.410 e. The van der Waals surface area contributed by atoms with E-state index in [1.54, 1.807) is 6.92 Å². The average molecular weight is 602 g/mol. The van der Waals surface area contributed by atoms with E-state index in [9.17, 15) is 14.4 Å². The standard InChI is InChI=1S/C32H44ClN3O6/c1-5-40-28(37)21-36(30(39)41-22-24-10-7-6-8-11-24)19-18-34-27-14-16-32(17-15-27,25-12-9-13-26(33)20-25)23-35-29(38)42-31(2,3)4/h6-13,20,27,34H,5,14-19,21-23H2,1-4H3,(H,35,38). The van der Waals surface area contributed by atoms with E-state index in [1.807, 2.05) is 69.3 Å². The number of hydrogen-bond donors (Lipinski definition) is 2. The van der Waals surface area contributed by atoms with Gasteiger partial charge in [0.25, 0.3) is 0 Å². The fourth-order valence-corrected chi connectivity index (χ4v) is 5.32. The Balaban J connectivity index is 1.57. The molecule has 3 rings (SSSR count). The normalized spacial score (nSPS) is 18.5. The van der Waals surface area contributed by atoms with Gasteiger partial charge in [-0.2, -0.15) is 0 Å². The summed E-state index contributed by atoms with van der Waals surface area (Å²) in [6.45, 7) is 8.66. The molecule has 2 aromatic rings. The summed E-state index contributed by atoms with van der Waals surface area (Å²) in [5.74, 6) is -0.476. The van der Waals surface area contributed by atoms with Crippen LogP contribution in [0, 0.1) is 0 Å². The molecule has 42 heavy (non-hydrogen) atoms. The lowest BCUT2D eigenvalue weighted by Crippen LogP contribution is -2.48. The zero-order valence-electron chi connectivity index (χ0n) is 25.1. The number of ether oxygens (including phenoxy) is 3. The molecule has 0 unspecified atom stereocenters. The molecule has 1 saturated carbocycles. The maximum Gasteiger partial charge on any atom is 0.410 e. The van der Waals surface area contributed by atoms with Crippen LogP contribution in [0.5, 0.6) is 0 Å². The SMILES string of the molecule is CCOC(=O)CN(CCNC1CCC(CNC(=O)OC(C)(C)C)(c2cccc(Cl)c2)CC1)C(=O)OCc1ccccc1. The van der Waals surface area contributed by atoms with Crippen molar-refractivity contribution in [2.75, 3.05) is 32.8 Å². The Hall–Kier alpha value is -3.30. The van der Waals surface area contributed by atoms with Gasteiger partial charge in [0.1, 0.15) is 18.8 Å². The van der Waals surface area contributed by atoms with E-state index >= 15 is 0 Å². The maximum atomic E-state index is 12.8. The molecule has 0 aromatic heterocycles. The van der Waals surface area contributed by atoms with E-state index in [0.29, 0.717) is 24.7 Å². The second kappa shape index (κ2) is 15.8. The van der Waals surface area contributed by atoms with Gasteiger partial charge in [-0.15, -0.1) is 0 Å². The number of amides is 2. The molecular weight excluding hydrogens is 558 g/mol. The fourth-order valence-electron chi connectivity index (χ4n) is 5.13. The van der Waals surface area contributed by atoms with E-state index < -0.39 is 23.8 Å². The van der Waals surface area contributed by atoms with Crippen LogP contribution in [0.4, 0.5) is 9.59 Å². The molecule has 0 saturated heterocycles. The second-order valence-corrected chi connectivity index (χ2v) is 12.1. The molecule has 0 heterocycles.